The normalized spacial score (nSPS) is 18.5. The summed E-state index contributed by atoms with van der Waals surface area (Å²) in [4.78, 5) is 27.5. The Morgan fingerprint density at radius 2 is 2.00 bits per heavy atom. The quantitative estimate of drug-likeness (QED) is 0.729. The van der Waals surface area contributed by atoms with Crippen LogP contribution in [0.15, 0.2) is 17.5 Å². The van der Waals surface area contributed by atoms with Crippen molar-refractivity contribution < 1.29 is 9.59 Å². The average molecular weight is 380 g/mol. The van der Waals surface area contributed by atoms with Gasteiger partial charge in [0.25, 0.3) is 0 Å². The van der Waals surface area contributed by atoms with E-state index in [1.54, 1.807) is 11.3 Å². The van der Waals surface area contributed by atoms with Crippen LogP contribution >= 0.6 is 11.3 Å². The maximum atomic E-state index is 12.5. The molecule has 0 aromatic carbocycles. The number of piperidine rings is 1. The molecule has 2 rings (SSSR count). The molecule has 1 aromatic heterocycles. The van der Waals surface area contributed by atoms with Gasteiger partial charge in [-0.15, -0.1) is 11.3 Å². The van der Waals surface area contributed by atoms with Crippen LogP contribution in [-0.4, -0.2) is 42.4 Å². The molecular weight excluding hydrogens is 346 g/mol. The minimum Gasteiger partial charge on any atom is -0.354 e. The van der Waals surface area contributed by atoms with Crippen LogP contribution < -0.4 is 10.6 Å². The minimum absolute atomic E-state index is 0.00632. The summed E-state index contributed by atoms with van der Waals surface area (Å²) in [6.45, 7) is 11.2. The molecule has 0 radical (unpaired) electrons. The zero-order valence-electron chi connectivity index (χ0n) is 16.5. The number of carbonyl (C=O) groups is 2. The molecule has 5 nitrogen and oxygen atoms in total. The van der Waals surface area contributed by atoms with Gasteiger partial charge in [0.1, 0.15) is 0 Å². The second-order valence-corrected chi connectivity index (χ2v) is 8.79. The van der Waals surface area contributed by atoms with E-state index < -0.39 is 0 Å². The molecule has 2 N–H and O–H groups in total. The number of carbonyl (C=O) groups excluding carboxylic acids is 2. The van der Waals surface area contributed by atoms with E-state index in [1.165, 1.54) is 19.8 Å². The lowest BCUT2D eigenvalue weighted by atomic mass is 9.94. The predicted octanol–water partition coefficient (Wildman–Crippen LogP) is 3.19. The Balaban J connectivity index is 1.89. The van der Waals surface area contributed by atoms with Crippen molar-refractivity contribution in [1.82, 2.24) is 15.5 Å². The van der Waals surface area contributed by atoms with Crippen molar-refractivity contribution in [2.45, 2.75) is 59.0 Å². The van der Waals surface area contributed by atoms with E-state index in [4.69, 9.17) is 0 Å². The molecule has 6 heteroatoms. The summed E-state index contributed by atoms with van der Waals surface area (Å²) in [6, 6.07) is 4.02. The van der Waals surface area contributed by atoms with E-state index in [0.717, 1.165) is 23.9 Å². The van der Waals surface area contributed by atoms with Crippen molar-refractivity contribution in [2.24, 2.45) is 11.8 Å². The first kappa shape index (κ1) is 20.9. The van der Waals surface area contributed by atoms with Crippen molar-refractivity contribution in [3.63, 3.8) is 0 Å². The number of nitrogens with zero attached hydrogens (tertiary/aromatic N) is 1. The fraction of sp³-hybridized carbons (Fsp3) is 0.700. The molecule has 2 atom stereocenters. The van der Waals surface area contributed by atoms with E-state index >= 15 is 0 Å². The number of likely N-dealkylation sites (tertiary alicyclic amines) is 1. The summed E-state index contributed by atoms with van der Waals surface area (Å²) in [7, 11) is 0. The third kappa shape index (κ3) is 6.40. The fourth-order valence-corrected chi connectivity index (χ4v) is 4.36. The lowest BCUT2D eigenvalue weighted by molar-refractivity contribution is -0.123. The van der Waals surface area contributed by atoms with Crippen molar-refractivity contribution in [2.75, 3.05) is 19.6 Å². The summed E-state index contributed by atoms with van der Waals surface area (Å²) in [5, 5.41) is 7.97. The number of nitrogens with one attached hydrogen (secondary N) is 2. The monoisotopic (exact) mass is 379 g/mol. The summed E-state index contributed by atoms with van der Waals surface area (Å²) < 4.78 is 0. The van der Waals surface area contributed by atoms with Crippen LogP contribution in [0.4, 0.5) is 0 Å². The highest BCUT2D eigenvalue weighted by molar-refractivity contribution is 7.10. The second-order valence-electron chi connectivity index (χ2n) is 7.81. The molecule has 2 heterocycles. The van der Waals surface area contributed by atoms with Gasteiger partial charge in [-0.25, -0.2) is 0 Å². The average Bonchev–Trinajstić information content (AvgIpc) is 3.10. The van der Waals surface area contributed by atoms with Gasteiger partial charge in [0, 0.05) is 24.4 Å². The Hall–Kier alpha value is -1.40. The molecule has 1 saturated heterocycles. The van der Waals surface area contributed by atoms with Gasteiger partial charge in [-0.2, -0.15) is 0 Å². The van der Waals surface area contributed by atoms with Crippen LogP contribution in [0.2, 0.25) is 0 Å². The summed E-state index contributed by atoms with van der Waals surface area (Å²) >= 11 is 1.56. The molecule has 0 unspecified atom stereocenters. The van der Waals surface area contributed by atoms with Gasteiger partial charge in [-0.05, 0) is 49.2 Å². The van der Waals surface area contributed by atoms with E-state index in [2.05, 4.69) is 36.3 Å². The Morgan fingerprint density at radius 1 is 1.31 bits per heavy atom. The zero-order valence-corrected chi connectivity index (χ0v) is 17.3. The number of rotatable bonds is 8. The molecule has 2 amide bonds. The maximum absolute atomic E-state index is 12.5. The van der Waals surface area contributed by atoms with Gasteiger partial charge in [0.15, 0.2) is 0 Å². The highest BCUT2D eigenvalue weighted by Crippen LogP contribution is 2.23. The summed E-state index contributed by atoms with van der Waals surface area (Å²) in [5.41, 5.74) is 0. The van der Waals surface area contributed by atoms with E-state index in [0.29, 0.717) is 18.5 Å². The third-order valence-electron chi connectivity index (χ3n) is 5.22. The molecule has 0 spiro atoms. The third-order valence-corrected chi connectivity index (χ3v) is 6.20. The van der Waals surface area contributed by atoms with Crippen LogP contribution in [0.3, 0.4) is 0 Å². The molecule has 0 aliphatic carbocycles. The highest BCUT2D eigenvalue weighted by atomic mass is 32.1. The number of hydrogen-bond donors (Lipinski definition) is 2. The van der Waals surface area contributed by atoms with Crippen molar-refractivity contribution in [3.8, 4) is 0 Å². The first-order valence-corrected chi connectivity index (χ1v) is 10.6. The SMILES string of the molecule is CC(=O)N[C@H](CC(=O)NC[C@@H](C(C)C)N1CCC(C)CC1)c1cccs1. The molecule has 1 fully saturated rings. The van der Waals surface area contributed by atoms with Gasteiger partial charge >= 0.3 is 0 Å². The number of hydrogen-bond acceptors (Lipinski definition) is 4. The topological polar surface area (TPSA) is 61.4 Å². The van der Waals surface area contributed by atoms with E-state index in [1.807, 2.05) is 17.5 Å². The van der Waals surface area contributed by atoms with Crippen molar-refractivity contribution >= 4 is 23.2 Å². The van der Waals surface area contributed by atoms with Gasteiger partial charge < -0.3 is 10.6 Å². The van der Waals surface area contributed by atoms with Gasteiger partial charge in [0.05, 0.1) is 12.5 Å². The largest absolute Gasteiger partial charge is 0.354 e. The van der Waals surface area contributed by atoms with Crippen LogP contribution in [0.1, 0.15) is 57.9 Å². The smallest absolute Gasteiger partial charge is 0.222 e. The highest BCUT2D eigenvalue weighted by Gasteiger charge is 2.26. The minimum atomic E-state index is -0.249. The standard InChI is InChI=1S/C20H33N3O2S/c1-14(2)18(23-9-7-15(3)8-10-23)13-21-20(25)12-17(22-16(4)24)19-6-5-11-26-19/h5-6,11,14-15,17-18H,7-10,12-13H2,1-4H3,(H,21,25)(H,22,24)/t17-,18+/m1/s1. The van der Waals surface area contributed by atoms with Crippen molar-refractivity contribution in [1.29, 1.82) is 0 Å². The molecule has 0 saturated carbocycles. The molecule has 1 aliphatic heterocycles. The second kappa shape index (κ2) is 10.1. The van der Waals surface area contributed by atoms with Crippen LogP contribution in [0.5, 0.6) is 0 Å². The van der Waals surface area contributed by atoms with Gasteiger partial charge in [-0.1, -0.05) is 26.8 Å². The van der Waals surface area contributed by atoms with Gasteiger partial charge in [0.2, 0.25) is 11.8 Å². The molecule has 0 bridgehead atoms. The zero-order chi connectivity index (χ0) is 19.1. The van der Waals surface area contributed by atoms with Gasteiger partial charge in [-0.3, -0.25) is 14.5 Å². The predicted molar refractivity (Wildman–Crippen MR) is 107 cm³/mol. The fourth-order valence-electron chi connectivity index (χ4n) is 3.58. The first-order chi connectivity index (χ1) is 12.4. The molecule has 146 valence electrons. The van der Waals surface area contributed by atoms with Crippen LogP contribution in [0.25, 0.3) is 0 Å². The summed E-state index contributed by atoms with van der Waals surface area (Å²) in [5.74, 6) is 1.18. The Labute approximate surface area is 161 Å². The Kier molecular flexibility index (Phi) is 8.10. The lowest BCUT2D eigenvalue weighted by Gasteiger charge is -2.39. The maximum Gasteiger partial charge on any atom is 0.222 e. The Morgan fingerprint density at radius 3 is 2.54 bits per heavy atom. The molecular formula is C20H33N3O2S. The van der Waals surface area contributed by atoms with Crippen LogP contribution in [0, 0.1) is 11.8 Å². The molecule has 26 heavy (non-hydrogen) atoms. The summed E-state index contributed by atoms with van der Waals surface area (Å²) in [6.07, 6.45) is 2.75. The number of thiophene rings is 1. The first-order valence-electron chi connectivity index (χ1n) is 9.68. The molecule has 1 aromatic rings. The van der Waals surface area contributed by atoms with E-state index in [-0.39, 0.29) is 24.3 Å². The van der Waals surface area contributed by atoms with Crippen molar-refractivity contribution in [3.05, 3.63) is 22.4 Å². The molecule has 1 aliphatic rings. The Bertz CT molecular complexity index is 566. The lowest BCUT2D eigenvalue weighted by Crippen LogP contribution is -2.50. The van der Waals surface area contributed by atoms with Crippen LogP contribution in [-0.2, 0) is 9.59 Å². The van der Waals surface area contributed by atoms with E-state index in [9.17, 15) is 9.59 Å². The number of amides is 2.